The van der Waals surface area contributed by atoms with Gasteiger partial charge in [-0.05, 0) is 71.4 Å². The molecule has 0 heterocycles. The molecule has 1 aliphatic rings. The number of amides is 3. The SMILES string of the molecule is COc1cc(/C=N/NC(=O)C(=O)NC2CC2)cc(Br)c1OCC(=O)Nc1c(C)cccc1C. The van der Waals surface area contributed by atoms with Crippen LogP contribution >= 0.6 is 15.9 Å². The van der Waals surface area contributed by atoms with Crippen LogP contribution in [0, 0.1) is 13.8 Å². The molecule has 10 heteroatoms. The summed E-state index contributed by atoms with van der Waals surface area (Å²) in [6, 6.07) is 9.17. The number of hydrogen-bond donors (Lipinski definition) is 3. The van der Waals surface area contributed by atoms with Gasteiger partial charge in [0.15, 0.2) is 18.1 Å². The van der Waals surface area contributed by atoms with Crippen molar-refractivity contribution in [2.45, 2.75) is 32.7 Å². The summed E-state index contributed by atoms with van der Waals surface area (Å²) >= 11 is 3.41. The molecule has 0 radical (unpaired) electrons. The summed E-state index contributed by atoms with van der Waals surface area (Å²) < 4.78 is 11.6. The molecule has 0 unspecified atom stereocenters. The van der Waals surface area contributed by atoms with Crippen LogP contribution in [0.4, 0.5) is 5.69 Å². The van der Waals surface area contributed by atoms with Gasteiger partial charge in [-0.1, -0.05) is 18.2 Å². The molecule has 3 amide bonds. The van der Waals surface area contributed by atoms with Crippen LogP contribution in [-0.4, -0.2) is 43.7 Å². The van der Waals surface area contributed by atoms with Crippen LogP contribution in [0.15, 0.2) is 39.9 Å². The Hall–Kier alpha value is -3.40. The van der Waals surface area contributed by atoms with Gasteiger partial charge in [-0.3, -0.25) is 14.4 Å². The van der Waals surface area contributed by atoms with Gasteiger partial charge in [0.25, 0.3) is 5.91 Å². The second kappa shape index (κ2) is 11.0. The van der Waals surface area contributed by atoms with Crippen molar-refractivity contribution in [1.29, 1.82) is 0 Å². The zero-order valence-corrected chi connectivity index (χ0v) is 20.1. The third-order valence-corrected chi connectivity index (χ3v) is 5.43. The van der Waals surface area contributed by atoms with E-state index in [2.05, 4.69) is 37.1 Å². The number of nitrogens with zero attached hydrogens (tertiary/aromatic N) is 1. The normalized spacial score (nSPS) is 12.8. The zero-order valence-electron chi connectivity index (χ0n) is 18.5. The molecule has 0 saturated heterocycles. The van der Waals surface area contributed by atoms with Gasteiger partial charge < -0.3 is 20.1 Å². The van der Waals surface area contributed by atoms with Crippen molar-refractivity contribution in [2.24, 2.45) is 5.10 Å². The number of ether oxygens (including phenoxy) is 2. The fraction of sp³-hybridized carbons (Fsp3) is 0.304. The molecule has 2 aromatic rings. The van der Waals surface area contributed by atoms with Crippen molar-refractivity contribution in [3.63, 3.8) is 0 Å². The minimum Gasteiger partial charge on any atom is -0.493 e. The van der Waals surface area contributed by atoms with Crippen molar-refractivity contribution in [2.75, 3.05) is 19.0 Å². The van der Waals surface area contributed by atoms with Gasteiger partial charge in [-0.25, -0.2) is 5.43 Å². The molecule has 3 rings (SSSR count). The highest BCUT2D eigenvalue weighted by Gasteiger charge is 2.26. The smallest absolute Gasteiger partial charge is 0.329 e. The third kappa shape index (κ3) is 6.79. The van der Waals surface area contributed by atoms with Gasteiger partial charge in [0.2, 0.25) is 0 Å². The van der Waals surface area contributed by atoms with E-state index in [9.17, 15) is 14.4 Å². The van der Waals surface area contributed by atoms with Gasteiger partial charge in [-0.2, -0.15) is 5.10 Å². The molecule has 9 nitrogen and oxygen atoms in total. The second-order valence-electron chi connectivity index (χ2n) is 7.58. The molecule has 0 spiro atoms. The molecule has 0 aromatic heterocycles. The lowest BCUT2D eigenvalue weighted by Gasteiger charge is -2.15. The van der Waals surface area contributed by atoms with E-state index in [1.807, 2.05) is 32.0 Å². The standard InChI is InChI=1S/C23H25BrN4O5/c1-13-5-4-6-14(2)20(13)27-19(29)12-33-21-17(24)9-15(10-18(21)32-3)11-25-28-23(31)22(30)26-16-7-8-16/h4-6,9-11,16H,7-8,12H2,1-3H3,(H,26,30)(H,27,29)(H,28,31)/b25-11+. The molecule has 1 aliphatic carbocycles. The Morgan fingerprint density at radius 1 is 1.15 bits per heavy atom. The third-order valence-electron chi connectivity index (χ3n) is 4.84. The molecule has 1 fully saturated rings. The van der Waals surface area contributed by atoms with Gasteiger partial charge in [0.1, 0.15) is 0 Å². The predicted molar refractivity (Wildman–Crippen MR) is 128 cm³/mol. The number of para-hydroxylation sites is 1. The Labute approximate surface area is 200 Å². The van der Waals surface area contributed by atoms with Crippen molar-refractivity contribution in [3.8, 4) is 11.5 Å². The summed E-state index contributed by atoms with van der Waals surface area (Å²) in [6.45, 7) is 3.62. The van der Waals surface area contributed by atoms with Crippen LogP contribution in [0.25, 0.3) is 0 Å². The van der Waals surface area contributed by atoms with Gasteiger partial charge in [-0.15, -0.1) is 0 Å². The van der Waals surface area contributed by atoms with E-state index < -0.39 is 11.8 Å². The minimum absolute atomic E-state index is 0.0859. The number of nitrogens with one attached hydrogen (secondary N) is 3. The summed E-state index contributed by atoms with van der Waals surface area (Å²) in [6.07, 6.45) is 3.14. The van der Waals surface area contributed by atoms with Crippen molar-refractivity contribution < 1.29 is 23.9 Å². The number of halogens is 1. The lowest BCUT2D eigenvalue weighted by atomic mass is 10.1. The van der Waals surface area contributed by atoms with Crippen LogP contribution in [0.3, 0.4) is 0 Å². The van der Waals surface area contributed by atoms with Crippen LogP contribution in [-0.2, 0) is 14.4 Å². The van der Waals surface area contributed by atoms with Crippen LogP contribution in [0.1, 0.15) is 29.5 Å². The maximum absolute atomic E-state index is 12.4. The maximum Gasteiger partial charge on any atom is 0.329 e. The fourth-order valence-corrected chi connectivity index (χ4v) is 3.55. The molecule has 2 aromatic carbocycles. The molecule has 1 saturated carbocycles. The first kappa shape index (κ1) is 24.2. The maximum atomic E-state index is 12.4. The summed E-state index contributed by atoms with van der Waals surface area (Å²) in [5.41, 5.74) is 5.45. The van der Waals surface area contributed by atoms with E-state index in [4.69, 9.17) is 9.47 Å². The lowest BCUT2D eigenvalue weighted by Crippen LogP contribution is -2.38. The van der Waals surface area contributed by atoms with Crippen molar-refractivity contribution in [3.05, 3.63) is 51.5 Å². The van der Waals surface area contributed by atoms with Gasteiger partial charge in [0.05, 0.1) is 17.8 Å². The molecule has 0 bridgehead atoms. The Balaban J connectivity index is 1.60. The quantitative estimate of drug-likeness (QED) is 0.283. The Kier molecular flexibility index (Phi) is 8.05. The summed E-state index contributed by atoms with van der Waals surface area (Å²) in [4.78, 5) is 35.8. The lowest BCUT2D eigenvalue weighted by molar-refractivity contribution is -0.139. The molecule has 0 atom stereocenters. The predicted octanol–water partition coefficient (Wildman–Crippen LogP) is 2.82. The topological polar surface area (TPSA) is 118 Å². The van der Waals surface area contributed by atoms with E-state index in [1.54, 1.807) is 12.1 Å². The molecule has 33 heavy (non-hydrogen) atoms. The van der Waals surface area contributed by atoms with Crippen molar-refractivity contribution >= 4 is 45.6 Å². The van der Waals surface area contributed by atoms with Crippen molar-refractivity contribution in [1.82, 2.24) is 10.7 Å². The average Bonchev–Trinajstić information content (AvgIpc) is 3.59. The largest absolute Gasteiger partial charge is 0.493 e. The van der Waals surface area contributed by atoms with Crippen LogP contribution in [0.5, 0.6) is 11.5 Å². The monoisotopic (exact) mass is 516 g/mol. The second-order valence-corrected chi connectivity index (χ2v) is 8.44. The number of hydrazone groups is 1. The number of rotatable bonds is 8. The zero-order chi connectivity index (χ0) is 24.0. The van der Waals surface area contributed by atoms with E-state index in [-0.39, 0.29) is 18.6 Å². The Bertz CT molecular complexity index is 1080. The number of carbonyl (C=O) groups is 3. The first-order chi connectivity index (χ1) is 15.8. The number of methoxy groups -OCH3 is 1. The Morgan fingerprint density at radius 3 is 2.48 bits per heavy atom. The number of anilines is 1. The number of carbonyl (C=O) groups excluding carboxylic acids is 3. The first-order valence-electron chi connectivity index (χ1n) is 10.3. The average molecular weight is 517 g/mol. The van der Waals surface area contributed by atoms with Crippen LogP contribution in [0.2, 0.25) is 0 Å². The van der Waals surface area contributed by atoms with Gasteiger partial charge in [0, 0.05) is 11.7 Å². The molecule has 3 N–H and O–H groups in total. The summed E-state index contributed by atoms with van der Waals surface area (Å²) in [7, 11) is 1.47. The summed E-state index contributed by atoms with van der Waals surface area (Å²) in [5, 5.41) is 9.25. The minimum atomic E-state index is -0.834. The first-order valence-corrected chi connectivity index (χ1v) is 11.1. The number of hydrogen-bond acceptors (Lipinski definition) is 6. The number of benzene rings is 2. The van der Waals surface area contributed by atoms with E-state index >= 15 is 0 Å². The highest BCUT2D eigenvalue weighted by molar-refractivity contribution is 9.10. The van der Waals surface area contributed by atoms with Gasteiger partial charge >= 0.3 is 11.8 Å². The molecular weight excluding hydrogens is 492 g/mol. The van der Waals surface area contributed by atoms with E-state index in [0.717, 1.165) is 29.7 Å². The summed E-state index contributed by atoms with van der Waals surface area (Å²) in [5.74, 6) is -1.14. The fourth-order valence-electron chi connectivity index (χ4n) is 2.97. The molecule has 174 valence electrons. The molecule has 0 aliphatic heterocycles. The highest BCUT2D eigenvalue weighted by atomic mass is 79.9. The molecular formula is C23H25BrN4O5. The Morgan fingerprint density at radius 2 is 1.85 bits per heavy atom. The van der Waals surface area contributed by atoms with E-state index in [1.165, 1.54) is 13.3 Å². The highest BCUT2D eigenvalue weighted by Crippen LogP contribution is 2.36. The van der Waals surface area contributed by atoms with E-state index in [0.29, 0.717) is 21.5 Å². The van der Waals surface area contributed by atoms with Crippen LogP contribution < -0.4 is 25.5 Å². The number of aryl methyl sites for hydroxylation is 2.